The van der Waals surface area contributed by atoms with Crippen molar-refractivity contribution in [2.75, 3.05) is 5.32 Å². The first-order valence-corrected chi connectivity index (χ1v) is 10.2. The lowest BCUT2D eigenvalue weighted by atomic mass is 10.1. The molecule has 2 aromatic carbocycles. The van der Waals surface area contributed by atoms with E-state index in [4.69, 9.17) is 11.6 Å². The summed E-state index contributed by atoms with van der Waals surface area (Å²) < 4.78 is 39.9. The lowest BCUT2D eigenvalue weighted by Gasteiger charge is -2.17. The number of rotatable bonds is 5. The van der Waals surface area contributed by atoms with Gasteiger partial charge < -0.3 is 5.32 Å². The molecule has 146 valence electrons. The van der Waals surface area contributed by atoms with Crippen molar-refractivity contribution in [3.63, 3.8) is 0 Å². The molecule has 28 heavy (non-hydrogen) atoms. The van der Waals surface area contributed by atoms with Crippen LogP contribution in [0.5, 0.6) is 0 Å². The van der Waals surface area contributed by atoms with Gasteiger partial charge in [-0.3, -0.25) is 4.79 Å². The number of nitrogens with zero attached hydrogens (tertiary/aromatic N) is 1. The van der Waals surface area contributed by atoms with E-state index in [1.165, 1.54) is 29.2 Å². The van der Waals surface area contributed by atoms with Crippen molar-refractivity contribution in [3.05, 3.63) is 75.8 Å². The third kappa shape index (κ3) is 5.06. The molecule has 3 aromatic rings. The van der Waals surface area contributed by atoms with E-state index in [2.05, 4.69) is 10.3 Å². The summed E-state index contributed by atoms with van der Waals surface area (Å²) in [6, 6.07) is 12.3. The molecule has 9 heteroatoms. The number of aryl methyl sites for hydroxylation is 1. The van der Waals surface area contributed by atoms with Crippen LogP contribution in [0.2, 0.25) is 5.02 Å². The van der Waals surface area contributed by atoms with Gasteiger partial charge in [0.1, 0.15) is 5.25 Å². The molecule has 3 rings (SSSR count). The molecule has 0 aliphatic heterocycles. The Morgan fingerprint density at radius 2 is 1.93 bits per heavy atom. The van der Waals surface area contributed by atoms with Crippen LogP contribution in [0.4, 0.5) is 18.9 Å². The van der Waals surface area contributed by atoms with Crippen LogP contribution in [0.15, 0.2) is 58.3 Å². The average Bonchev–Trinajstić information content (AvgIpc) is 3.06. The van der Waals surface area contributed by atoms with Crippen molar-refractivity contribution in [2.24, 2.45) is 0 Å². The molecule has 0 aliphatic rings. The van der Waals surface area contributed by atoms with Gasteiger partial charge in [0.15, 0.2) is 4.34 Å². The smallest absolute Gasteiger partial charge is 0.325 e. The number of nitrogens with one attached hydrogen (secondary N) is 1. The van der Waals surface area contributed by atoms with Gasteiger partial charge in [0.25, 0.3) is 0 Å². The molecule has 0 bridgehead atoms. The van der Waals surface area contributed by atoms with Crippen molar-refractivity contribution in [1.82, 2.24) is 4.98 Å². The lowest BCUT2D eigenvalue weighted by molar-refractivity contribution is -0.137. The highest BCUT2D eigenvalue weighted by atomic mass is 35.5. The number of alkyl halides is 3. The molecule has 0 saturated heterocycles. The molecular formula is C19H14ClF3N2OS2. The topological polar surface area (TPSA) is 42.0 Å². The molecule has 0 saturated carbocycles. The Balaban J connectivity index is 1.87. The van der Waals surface area contributed by atoms with Crippen LogP contribution in [0, 0.1) is 6.92 Å². The molecule has 1 N–H and O–H groups in total. The summed E-state index contributed by atoms with van der Waals surface area (Å²) in [6.07, 6.45) is -4.61. The Labute approximate surface area is 172 Å². The predicted molar refractivity (Wildman–Crippen MR) is 107 cm³/mol. The fourth-order valence-corrected chi connectivity index (χ4v) is 4.67. The van der Waals surface area contributed by atoms with Crippen LogP contribution in [0.25, 0.3) is 0 Å². The number of thiazole rings is 1. The number of benzene rings is 2. The maximum Gasteiger partial charge on any atom is 0.417 e. The zero-order valence-corrected chi connectivity index (χ0v) is 16.8. The Bertz CT molecular complexity index is 977. The minimum atomic E-state index is -4.61. The van der Waals surface area contributed by atoms with Crippen molar-refractivity contribution in [3.8, 4) is 0 Å². The van der Waals surface area contributed by atoms with Crippen molar-refractivity contribution in [2.45, 2.75) is 22.7 Å². The number of thioether (sulfide) groups is 1. The first-order valence-electron chi connectivity index (χ1n) is 8.05. The summed E-state index contributed by atoms with van der Waals surface area (Å²) >= 11 is 8.30. The van der Waals surface area contributed by atoms with Gasteiger partial charge in [-0.1, -0.05) is 53.7 Å². The van der Waals surface area contributed by atoms with Crippen molar-refractivity contribution in [1.29, 1.82) is 0 Å². The maximum absolute atomic E-state index is 13.1. The second-order valence-corrected chi connectivity index (χ2v) is 8.46. The van der Waals surface area contributed by atoms with Crippen molar-refractivity contribution >= 4 is 46.3 Å². The van der Waals surface area contributed by atoms with Gasteiger partial charge in [-0.15, -0.1) is 11.3 Å². The molecule has 1 aromatic heterocycles. The normalized spacial score (nSPS) is 12.6. The number of amides is 1. The van der Waals surface area contributed by atoms with Crippen LogP contribution < -0.4 is 5.32 Å². The van der Waals surface area contributed by atoms with Gasteiger partial charge in [0, 0.05) is 16.8 Å². The number of anilines is 1. The van der Waals surface area contributed by atoms with Gasteiger partial charge >= 0.3 is 6.18 Å². The summed E-state index contributed by atoms with van der Waals surface area (Å²) in [7, 11) is 0. The molecule has 1 amide bonds. The summed E-state index contributed by atoms with van der Waals surface area (Å²) in [5.74, 6) is -0.445. The molecule has 0 radical (unpaired) electrons. The van der Waals surface area contributed by atoms with Crippen LogP contribution >= 0.6 is 34.7 Å². The lowest BCUT2D eigenvalue weighted by Crippen LogP contribution is -2.19. The van der Waals surface area contributed by atoms with Crippen LogP contribution in [0.3, 0.4) is 0 Å². The van der Waals surface area contributed by atoms with E-state index in [0.29, 0.717) is 4.34 Å². The maximum atomic E-state index is 13.1. The van der Waals surface area contributed by atoms with Crippen LogP contribution in [-0.2, 0) is 11.0 Å². The molecule has 0 fully saturated rings. The minimum absolute atomic E-state index is 0.0265. The van der Waals surface area contributed by atoms with Gasteiger partial charge in [-0.2, -0.15) is 13.2 Å². The summed E-state index contributed by atoms with van der Waals surface area (Å²) in [6.45, 7) is 1.85. The highest BCUT2D eigenvalue weighted by Crippen LogP contribution is 2.39. The Morgan fingerprint density at radius 1 is 1.21 bits per heavy atom. The molecular weight excluding hydrogens is 429 g/mol. The van der Waals surface area contributed by atoms with Gasteiger partial charge in [0.05, 0.1) is 10.6 Å². The first kappa shape index (κ1) is 20.7. The standard InChI is InChI=1S/C19H14ClF3N2OS2/c1-11-10-27-18(24-11)28-16(12-5-3-2-4-6-12)17(26)25-13-7-8-15(20)14(9-13)19(21,22)23/h2-10,16H,1H3,(H,25,26). The van der Waals surface area contributed by atoms with Crippen LogP contribution in [0.1, 0.15) is 22.1 Å². The van der Waals surface area contributed by atoms with E-state index in [0.717, 1.165) is 23.4 Å². The summed E-state index contributed by atoms with van der Waals surface area (Å²) in [4.78, 5) is 17.3. The quantitative estimate of drug-likeness (QED) is 0.453. The second-order valence-electron chi connectivity index (χ2n) is 5.85. The van der Waals surface area contributed by atoms with E-state index < -0.39 is 27.9 Å². The van der Waals surface area contributed by atoms with Gasteiger partial charge in [0.2, 0.25) is 5.91 Å². The van der Waals surface area contributed by atoms with E-state index in [1.54, 1.807) is 24.3 Å². The molecule has 3 nitrogen and oxygen atoms in total. The molecule has 1 unspecified atom stereocenters. The third-order valence-electron chi connectivity index (χ3n) is 3.70. The number of hydrogen-bond donors (Lipinski definition) is 1. The summed E-state index contributed by atoms with van der Waals surface area (Å²) in [5, 5.41) is 3.35. The molecule has 1 heterocycles. The van der Waals surface area contributed by atoms with E-state index in [9.17, 15) is 18.0 Å². The fourth-order valence-electron chi connectivity index (χ4n) is 2.42. The zero-order valence-electron chi connectivity index (χ0n) is 14.5. The highest BCUT2D eigenvalue weighted by molar-refractivity contribution is 8.01. The Hall–Kier alpha value is -2.03. The van der Waals surface area contributed by atoms with Crippen molar-refractivity contribution < 1.29 is 18.0 Å². The predicted octanol–water partition coefficient (Wildman–Crippen LogP) is 6.60. The third-order valence-corrected chi connectivity index (χ3v) is 6.37. The zero-order chi connectivity index (χ0) is 20.3. The minimum Gasteiger partial charge on any atom is -0.325 e. The monoisotopic (exact) mass is 442 g/mol. The molecule has 0 aliphatic carbocycles. The van der Waals surface area contributed by atoms with E-state index >= 15 is 0 Å². The Kier molecular flexibility index (Phi) is 6.32. The number of carbonyl (C=O) groups excluding carboxylic acids is 1. The highest BCUT2D eigenvalue weighted by Gasteiger charge is 2.33. The average molecular weight is 443 g/mol. The van der Waals surface area contributed by atoms with Crippen LogP contribution in [-0.4, -0.2) is 10.9 Å². The molecule has 1 atom stereocenters. The number of halogens is 4. The largest absolute Gasteiger partial charge is 0.417 e. The fraction of sp³-hybridized carbons (Fsp3) is 0.158. The number of aromatic nitrogens is 1. The SMILES string of the molecule is Cc1csc(SC(C(=O)Nc2ccc(Cl)c(C(F)(F)F)c2)c2ccccc2)n1. The molecule has 0 spiro atoms. The number of carbonyl (C=O) groups is 1. The van der Waals surface area contributed by atoms with Gasteiger partial charge in [-0.25, -0.2) is 4.98 Å². The number of hydrogen-bond acceptors (Lipinski definition) is 4. The summed E-state index contributed by atoms with van der Waals surface area (Å²) in [5.41, 5.74) is 0.597. The Morgan fingerprint density at radius 3 is 2.54 bits per heavy atom. The second kappa shape index (κ2) is 8.55. The first-order chi connectivity index (χ1) is 13.2. The van der Waals surface area contributed by atoms with Gasteiger partial charge in [-0.05, 0) is 30.7 Å². The van der Waals surface area contributed by atoms with E-state index in [1.807, 2.05) is 18.4 Å². The van der Waals surface area contributed by atoms with E-state index in [-0.39, 0.29) is 5.69 Å².